The van der Waals surface area contributed by atoms with Gasteiger partial charge < -0.3 is 0 Å². The van der Waals surface area contributed by atoms with Crippen molar-refractivity contribution >= 4 is 11.6 Å². The van der Waals surface area contributed by atoms with E-state index in [9.17, 15) is 4.39 Å². The predicted molar refractivity (Wildman–Crippen MR) is 49.7 cm³/mol. The van der Waals surface area contributed by atoms with Gasteiger partial charge in [0.2, 0.25) is 0 Å². The average molecular weight is 185 g/mol. The minimum Gasteiger partial charge on any atom is -0.207 e. The molecule has 0 bridgehead atoms. The Morgan fingerprint density at radius 2 is 2.25 bits per heavy atom. The van der Waals surface area contributed by atoms with Gasteiger partial charge in [-0.2, -0.15) is 0 Å². The Hall–Kier alpha value is -0.820. The van der Waals surface area contributed by atoms with Crippen molar-refractivity contribution < 1.29 is 4.39 Å². The molecule has 0 radical (unpaired) electrons. The van der Waals surface area contributed by atoms with E-state index in [1.807, 2.05) is 6.07 Å². The minimum absolute atomic E-state index is 0.201. The van der Waals surface area contributed by atoms with Crippen molar-refractivity contribution in [2.45, 2.75) is 12.8 Å². The van der Waals surface area contributed by atoms with Gasteiger partial charge >= 0.3 is 0 Å². The molecule has 0 aliphatic heterocycles. The normalized spacial score (nSPS) is 9.83. The number of allylic oxidation sites excluding steroid dienone is 1. The molecule has 0 spiro atoms. The van der Waals surface area contributed by atoms with Crippen molar-refractivity contribution in [3.8, 4) is 0 Å². The largest absolute Gasteiger partial charge is 0.207 e. The van der Waals surface area contributed by atoms with E-state index in [1.54, 1.807) is 6.07 Å². The molecule has 0 atom stereocenters. The fourth-order valence-electron chi connectivity index (χ4n) is 0.972. The van der Waals surface area contributed by atoms with E-state index in [0.29, 0.717) is 11.5 Å². The SMILES string of the molecule is C=C(Cl)CCc1cccc(F)c1. The second-order valence-electron chi connectivity index (χ2n) is 2.65. The summed E-state index contributed by atoms with van der Waals surface area (Å²) >= 11 is 5.58. The zero-order chi connectivity index (χ0) is 8.97. The van der Waals surface area contributed by atoms with Crippen LogP contribution in [0.15, 0.2) is 35.9 Å². The van der Waals surface area contributed by atoms with Crippen LogP contribution >= 0.6 is 11.6 Å². The molecule has 0 nitrogen and oxygen atoms in total. The van der Waals surface area contributed by atoms with Crippen LogP contribution in [0.3, 0.4) is 0 Å². The molecule has 0 aromatic heterocycles. The molecule has 0 fully saturated rings. The van der Waals surface area contributed by atoms with E-state index in [2.05, 4.69) is 6.58 Å². The lowest BCUT2D eigenvalue weighted by Gasteiger charge is -1.99. The molecular weight excluding hydrogens is 175 g/mol. The lowest BCUT2D eigenvalue weighted by atomic mass is 10.1. The number of hydrogen-bond donors (Lipinski definition) is 0. The fraction of sp³-hybridized carbons (Fsp3) is 0.200. The fourth-order valence-corrected chi connectivity index (χ4v) is 1.07. The molecule has 12 heavy (non-hydrogen) atoms. The molecule has 64 valence electrons. The summed E-state index contributed by atoms with van der Waals surface area (Å²) in [7, 11) is 0. The van der Waals surface area contributed by atoms with Crippen LogP contribution in [0.25, 0.3) is 0 Å². The summed E-state index contributed by atoms with van der Waals surface area (Å²) in [6.07, 6.45) is 1.45. The van der Waals surface area contributed by atoms with Crippen molar-refractivity contribution in [2.75, 3.05) is 0 Å². The highest BCUT2D eigenvalue weighted by Gasteiger charge is 1.95. The average Bonchev–Trinajstić information content (AvgIpc) is 2.01. The van der Waals surface area contributed by atoms with E-state index in [4.69, 9.17) is 11.6 Å². The highest BCUT2D eigenvalue weighted by atomic mass is 35.5. The second kappa shape index (κ2) is 4.27. The zero-order valence-electron chi connectivity index (χ0n) is 6.69. The van der Waals surface area contributed by atoms with Crippen molar-refractivity contribution in [3.63, 3.8) is 0 Å². The van der Waals surface area contributed by atoms with Gasteiger partial charge in [0.25, 0.3) is 0 Å². The van der Waals surface area contributed by atoms with Crippen LogP contribution in [-0.2, 0) is 6.42 Å². The quantitative estimate of drug-likeness (QED) is 0.675. The van der Waals surface area contributed by atoms with Crippen molar-refractivity contribution in [1.82, 2.24) is 0 Å². The molecule has 0 saturated heterocycles. The van der Waals surface area contributed by atoms with Crippen LogP contribution in [0.5, 0.6) is 0 Å². The van der Waals surface area contributed by atoms with Gasteiger partial charge in [0.1, 0.15) is 5.82 Å². The van der Waals surface area contributed by atoms with E-state index in [1.165, 1.54) is 12.1 Å². The summed E-state index contributed by atoms with van der Waals surface area (Å²) in [4.78, 5) is 0. The van der Waals surface area contributed by atoms with Gasteiger partial charge in [-0.1, -0.05) is 30.3 Å². The molecule has 0 amide bonds. The first kappa shape index (κ1) is 9.27. The summed E-state index contributed by atoms with van der Waals surface area (Å²) < 4.78 is 12.6. The number of aryl methyl sites for hydroxylation is 1. The first-order valence-corrected chi connectivity index (χ1v) is 4.14. The molecule has 1 aromatic rings. The van der Waals surface area contributed by atoms with Crippen LogP contribution in [0.1, 0.15) is 12.0 Å². The number of halogens is 2. The summed E-state index contributed by atoms with van der Waals surface area (Å²) in [5.74, 6) is -0.201. The van der Waals surface area contributed by atoms with Crippen LogP contribution in [0.2, 0.25) is 0 Å². The van der Waals surface area contributed by atoms with E-state index in [-0.39, 0.29) is 5.82 Å². The number of hydrogen-bond acceptors (Lipinski definition) is 0. The summed E-state index contributed by atoms with van der Waals surface area (Å²) in [5, 5.41) is 0.610. The van der Waals surface area contributed by atoms with E-state index in [0.717, 1.165) is 12.0 Å². The van der Waals surface area contributed by atoms with Gasteiger partial charge in [-0.15, -0.1) is 0 Å². The molecule has 0 aliphatic rings. The summed E-state index contributed by atoms with van der Waals surface area (Å²) in [5.41, 5.74) is 0.955. The van der Waals surface area contributed by atoms with E-state index >= 15 is 0 Å². The van der Waals surface area contributed by atoms with Gasteiger partial charge in [-0.05, 0) is 30.5 Å². The smallest absolute Gasteiger partial charge is 0.123 e. The third-order valence-corrected chi connectivity index (χ3v) is 1.76. The molecule has 1 rings (SSSR count). The summed E-state index contributed by atoms with van der Waals surface area (Å²) in [6.45, 7) is 3.56. The lowest BCUT2D eigenvalue weighted by molar-refractivity contribution is 0.625. The van der Waals surface area contributed by atoms with Gasteiger partial charge in [0, 0.05) is 5.03 Å². The number of benzene rings is 1. The topological polar surface area (TPSA) is 0 Å². The standard InChI is InChI=1S/C10H10ClF/c1-8(11)5-6-9-3-2-4-10(12)7-9/h2-4,7H,1,5-6H2. The molecular formula is C10H10ClF. The molecule has 0 saturated carbocycles. The van der Waals surface area contributed by atoms with Crippen molar-refractivity contribution in [2.24, 2.45) is 0 Å². The van der Waals surface area contributed by atoms with Crippen LogP contribution in [-0.4, -0.2) is 0 Å². The Morgan fingerprint density at radius 1 is 1.50 bits per heavy atom. The Kier molecular flexibility index (Phi) is 3.30. The van der Waals surface area contributed by atoms with Gasteiger partial charge in [-0.25, -0.2) is 4.39 Å². The van der Waals surface area contributed by atoms with E-state index < -0.39 is 0 Å². The highest BCUT2D eigenvalue weighted by molar-refractivity contribution is 6.29. The first-order valence-electron chi connectivity index (χ1n) is 3.76. The third kappa shape index (κ3) is 3.05. The molecule has 0 aliphatic carbocycles. The molecule has 0 unspecified atom stereocenters. The zero-order valence-corrected chi connectivity index (χ0v) is 7.44. The highest BCUT2D eigenvalue weighted by Crippen LogP contribution is 2.11. The van der Waals surface area contributed by atoms with Gasteiger partial charge in [0.05, 0.1) is 0 Å². The Bertz CT molecular complexity index is 281. The van der Waals surface area contributed by atoms with Gasteiger partial charge in [-0.3, -0.25) is 0 Å². The third-order valence-electron chi connectivity index (χ3n) is 1.57. The maximum atomic E-state index is 12.6. The van der Waals surface area contributed by atoms with Crippen LogP contribution in [0.4, 0.5) is 4.39 Å². The maximum absolute atomic E-state index is 12.6. The minimum atomic E-state index is -0.201. The number of rotatable bonds is 3. The Labute approximate surface area is 76.7 Å². The molecule has 0 heterocycles. The first-order chi connectivity index (χ1) is 5.68. The monoisotopic (exact) mass is 184 g/mol. The van der Waals surface area contributed by atoms with Crippen LogP contribution in [0, 0.1) is 5.82 Å². The van der Waals surface area contributed by atoms with Crippen LogP contribution < -0.4 is 0 Å². The van der Waals surface area contributed by atoms with Gasteiger partial charge in [0.15, 0.2) is 0 Å². The second-order valence-corrected chi connectivity index (χ2v) is 3.18. The molecule has 2 heteroatoms. The van der Waals surface area contributed by atoms with Crippen molar-refractivity contribution in [3.05, 3.63) is 47.3 Å². The maximum Gasteiger partial charge on any atom is 0.123 e. The summed E-state index contributed by atoms with van der Waals surface area (Å²) in [6, 6.07) is 6.52. The van der Waals surface area contributed by atoms with Crippen molar-refractivity contribution in [1.29, 1.82) is 0 Å². The Morgan fingerprint density at radius 3 is 2.83 bits per heavy atom. The lowest BCUT2D eigenvalue weighted by Crippen LogP contribution is -1.85. The molecule has 0 N–H and O–H groups in total. The molecule has 1 aromatic carbocycles. The Balaban J connectivity index is 2.57. The predicted octanol–water partition coefficient (Wildman–Crippen LogP) is 3.51.